The van der Waals surface area contributed by atoms with Crippen molar-refractivity contribution in [2.75, 3.05) is 0 Å². The van der Waals surface area contributed by atoms with Crippen LogP contribution in [0.3, 0.4) is 0 Å². The first-order valence-electron chi connectivity index (χ1n) is 9.73. The SMILES string of the molecule is Cc1c2ccccc2c(C2=C3C=CC=[N+]3[B-](F)(F)n3cccc32)c2ccccc12. The number of hydrogen-bond acceptors (Lipinski definition) is 0. The minimum Gasteiger partial charge on any atom is -0.396 e. The van der Waals surface area contributed by atoms with Crippen LogP contribution in [0.25, 0.3) is 27.1 Å². The minimum absolute atomic E-state index is 0.556. The van der Waals surface area contributed by atoms with Gasteiger partial charge in [0.15, 0.2) is 5.70 Å². The number of nitrogens with zero attached hydrogens (tertiary/aromatic N) is 2. The molecule has 0 aliphatic carbocycles. The van der Waals surface area contributed by atoms with E-state index in [1.165, 1.54) is 18.0 Å². The maximum atomic E-state index is 15.2. The van der Waals surface area contributed by atoms with Gasteiger partial charge in [0.05, 0.1) is 5.57 Å². The van der Waals surface area contributed by atoms with Gasteiger partial charge in [0.1, 0.15) is 6.21 Å². The maximum Gasteiger partial charge on any atom is 0.737 e. The van der Waals surface area contributed by atoms with Crippen molar-refractivity contribution in [3.05, 3.63) is 102 Å². The molecule has 2 aliphatic heterocycles. The fraction of sp³-hybridized carbons (Fsp3) is 0.0417. The monoisotopic (exact) mass is 382 g/mol. The van der Waals surface area contributed by atoms with E-state index in [-0.39, 0.29) is 0 Å². The number of aryl methyl sites for hydroxylation is 1. The second-order valence-corrected chi connectivity index (χ2v) is 7.66. The predicted molar refractivity (Wildman–Crippen MR) is 115 cm³/mol. The number of hydrogen-bond donors (Lipinski definition) is 0. The van der Waals surface area contributed by atoms with Crippen LogP contribution in [-0.2, 0) is 0 Å². The Morgan fingerprint density at radius 2 is 1.45 bits per heavy atom. The zero-order valence-electron chi connectivity index (χ0n) is 15.8. The summed E-state index contributed by atoms with van der Waals surface area (Å²) in [5.41, 5.74) is 4.17. The topological polar surface area (TPSA) is 7.94 Å². The molecule has 29 heavy (non-hydrogen) atoms. The van der Waals surface area contributed by atoms with Crippen molar-refractivity contribution in [2.24, 2.45) is 0 Å². The summed E-state index contributed by atoms with van der Waals surface area (Å²) in [5, 5.41) is 4.45. The number of benzene rings is 3. The van der Waals surface area contributed by atoms with Crippen molar-refractivity contribution in [1.82, 2.24) is 4.48 Å². The average molecular weight is 382 g/mol. The first kappa shape index (κ1) is 16.5. The molecule has 0 N–H and O–H groups in total. The van der Waals surface area contributed by atoms with Crippen LogP contribution in [0.4, 0.5) is 8.63 Å². The van der Waals surface area contributed by atoms with Crippen molar-refractivity contribution >= 4 is 40.3 Å². The molecule has 3 aromatic carbocycles. The summed E-state index contributed by atoms with van der Waals surface area (Å²) in [7, 11) is 0. The molecule has 4 aromatic rings. The van der Waals surface area contributed by atoms with Crippen LogP contribution < -0.4 is 0 Å². The third-order valence-corrected chi connectivity index (χ3v) is 6.19. The molecule has 0 saturated carbocycles. The Kier molecular flexibility index (Phi) is 3.15. The Morgan fingerprint density at radius 1 is 0.828 bits per heavy atom. The van der Waals surface area contributed by atoms with Crippen LogP contribution in [-0.4, -0.2) is 22.1 Å². The van der Waals surface area contributed by atoms with Gasteiger partial charge in [-0.3, -0.25) is 0 Å². The van der Waals surface area contributed by atoms with Crippen molar-refractivity contribution in [3.63, 3.8) is 0 Å². The van der Waals surface area contributed by atoms with Gasteiger partial charge in [0.25, 0.3) is 0 Å². The number of aromatic nitrogens is 1. The molecule has 140 valence electrons. The molecule has 0 spiro atoms. The van der Waals surface area contributed by atoms with Crippen molar-refractivity contribution in [1.29, 1.82) is 0 Å². The molecule has 5 heteroatoms. The molecular formula is C24H17BF2N2. The molecule has 0 bridgehead atoms. The first-order chi connectivity index (χ1) is 14.1. The lowest BCUT2D eigenvalue weighted by Gasteiger charge is -2.31. The summed E-state index contributed by atoms with van der Waals surface area (Å²) in [4.78, 5) is 0. The van der Waals surface area contributed by atoms with E-state index in [4.69, 9.17) is 0 Å². The lowest BCUT2D eigenvalue weighted by molar-refractivity contribution is -0.356. The molecule has 0 unspecified atom stereocenters. The number of fused-ring (bicyclic) bond motifs is 4. The number of halogens is 2. The third-order valence-electron chi connectivity index (χ3n) is 6.19. The van der Waals surface area contributed by atoms with Gasteiger partial charge in [-0.15, -0.1) is 0 Å². The molecular weight excluding hydrogens is 365 g/mol. The summed E-state index contributed by atoms with van der Waals surface area (Å²) in [6.07, 6.45) is 6.47. The van der Waals surface area contributed by atoms with Crippen LogP contribution in [0.1, 0.15) is 16.8 Å². The van der Waals surface area contributed by atoms with Gasteiger partial charge >= 0.3 is 6.97 Å². The van der Waals surface area contributed by atoms with E-state index in [1.54, 1.807) is 24.3 Å². The maximum absolute atomic E-state index is 15.2. The highest BCUT2D eigenvalue weighted by atomic mass is 19.2. The third kappa shape index (κ3) is 2.02. The van der Waals surface area contributed by atoms with E-state index >= 15 is 8.63 Å². The van der Waals surface area contributed by atoms with Gasteiger partial charge in [-0.1, -0.05) is 48.5 Å². The van der Waals surface area contributed by atoms with Crippen molar-refractivity contribution in [2.45, 2.75) is 6.92 Å². The van der Waals surface area contributed by atoms with Gasteiger partial charge in [-0.25, -0.2) is 0 Å². The highest BCUT2D eigenvalue weighted by Crippen LogP contribution is 2.44. The summed E-state index contributed by atoms with van der Waals surface area (Å²) >= 11 is 0. The summed E-state index contributed by atoms with van der Waals surface area (Å²) < 4.78 is 32.7. The minimum atomic E-state index is -3.90. The molecule has 0 fully saturated rings. The van der Waals surface area contributed by atoms with E-state index in [9.17, 15) is 0 Å². The fourth-order valence-electron chi connectivity index (χ4n) is 4.89. The second-order valence-electron chi connectivity index (χ2n) is 7.66. The Balaban J connectivity index is 1.86. The molecule has 0 saturated heterocycles. The van der Waals surface area contributed by atoms with Crippen molar-refractivity contribution < 1.29 is 13.1 Å². The Hall–Kier alpha value is -3.47. The molecule has 0 atom stereocenters. The van der Waals surface area contributed by atoms with Crippen LogP contribution in [0.5, 0.6) is 0 Å². The van der Waals surface area contributed by atoms with E-state index < -0.39 is 6.97 Å². The zero-order valence-corrected chi connectivity index (χ0v) is 15.8. The van der Waals surface area contributed by atoms with Gasteiger partial charge in [-0.2, -0.15) is 0 Å². The lowest BCUT2D eigenvalue weighted by Crippen LogP contribution is -2.49. The molecule has 3 heterocycles. The molecule has 2 aliphatic rings. The standard InChI is InChI=1S/C24H17BF2N2/c1-16-17-8-2-4-10-19(17)23(20-11-5-3-9-18(16)20)24-21-12-6-14-28(21)25(26,27)29-15-7-13-22(24)29/h2-15H,1H3. The molecule has 1 aromatic heterocycles. The van der Waals surface area contributed by atoms with E-state index in [1.807, 2.05) is 24.3 Å². The van der Waals surface area contributed by atoms with Crippen LogP contribution in [0, 0.1) is 6.92 Å². The number of allylic oxidation sites excluding steroid dienone is 2. The van der Waals surface area contributed by atoms with Crippen LogP contribution >= 0.6 is 0 Å². The highest BCUT2D eigenvalue weighted by molar-refractivity contribution is 6.57. The quantitative estimate of drug-likeness (QED) is 0.293. The largest absolute Gasteiger partial charge is 0.737 e. The number of rotatable bonds is 1. The highest BCUT2D eigenvalue weighted by Gasteiger charge is 2.51. The summed E-state index contributed by atoms with van der Waals surface area (Å²) in [6.45, 7) is -1.78. The van der Waals surface area contributed by atoms with Crippen LogP contribution in [0.2, 0.25) is 0 Å². The van der Waals surface area contributed by atoms with Gasteiger partial charge in [0, 0.05) is 23.4 Å². The molecule has 0 radical (unpaired) electrons. The summed E-state index contributed by atoms with van der Waals surface area (Å²) in [5.74, 6) is 0. The lowest BCUT2D eigenvalue weighted by atomic mass is 9.82. The molecule has 6 rings (SSSR count). The predicted octanol–water partition coefficient (Wildman–Crippen LogP) is 5.75. The Labute approximate surface area is 166 Å². The van der Waals surface area contributed by atoms with Gasteiger partial charge in [0.2, 0.25) is 0 Å². The smallest absolute Gasteiger partial charge is 0.396 e. The van der Waals surface area contributed by atoms with E-state index in [0.717, 1.165) is 41.6 Å². The zero-order chi connectivity index (χ0) is 19.8. The van der Waals surface area contributed by atoms with E-state index in [0.29, 0.717) is 11.4 Å². The van der Waals surface area contributed by atoms with Gasteiger partial charge in [-0.05, 0) is 52.4 Å². The summed E-state index contributed by atoms with van der Waals surface area (Å²) in [6, 6.07) is 20.0. The Morgan fingerprint density at radius 3 is 2.10 bits per heavy atom. The van der Waals surface area contributed by atoms with Gasteiger partial charge < -0.3 is 17.6 Å². The average Bonchev–Trinajstić information content (AvgIpc) is 3.41. The normalized spacial score (nSPS) is 17.0. The first-order valence-corrected chi connectivity index (χ1v) is 9.73. The molecule has 2 nitrogen and oxygen atoms in total. The van der Waals surface area contributed by atoms with Crippen LogP contribution in [0.15, 0.2) is 84.7 Å². The second kappa shape index (κ2) is 5.54. The van der Waals surface area contributed by atoms with Crippen molar-refractivity contribution in [3.8, 4) is 0 Å². The Bertz CT molecular complexity index is 1380. The fourth-order valence-corrected chi connectivity index (χ4v) is 4.89. The van der Waals surface area contributed by atoms with E-state index in [2.05, 4.69) is 31.2 Å². The molecule has 0 amide bonds.